The van der Waals surface area contributed by atoms with Crippen LogP contribution in [0.2, 0.25) is 0 Å². The Bertz CT molecular complexity index is 455. The third-order valence-corrected chi connectivity index (χ3v) is 1.88. The fourth-order valence-corrected chi connectivity index (χ4v) is 1.16. The summed E-state index contributed by atoms with van der Waals surface area (Å²) in [5, 5.41) is 8.77. The number of nitrogens with two attached hydrogens (primary N) is 1. The van der Waals surface area contributed by atoms with Crippen LogP contribution in [0.1, 0.15) is 11.9 Å². The summed E-state index contributed by atoms with van der Waals surface area (Å²) in [5.74, 6) is -0.164. The molecule has 0 aliphatic heterocycles. The van der Waals surface area contributed by atoms with Gasteiger partial charge in [-0.15, -0.1) is 0 Å². The predicted molar refractivity (Wildman–Crippen MR) is 48.0 cm³/mol. The lowest BCUT2D eigenvalue weighted by Gasteiger charge is -1.99. The second-order valence-electron chi connectivity index (χ2n) is 2.95. The number of aliphatic hydroxyl groups excluding tert-OH is 1. The van der Waals surface area contributed by atoms with Crippen LogP contribution in [0.5, 0.6) is 0 Å². The van der Waals surface area contributed by atoms with Crippen molar-refractivity contribution in [2.75, 3.05) is 6.61 Å². The highest BCUT2D eigenvalue weighted by molar-refractivity contribution is 5.72. The van der Waals surface area contributed by atoms with Gasteiger partial charge in [0.15, 0.2) is 5.58 Å². The summed E-state index contributed by atoms with van der Waals surface area (Å²) in [7, 11) is 0. The van der Waals surface area contributed by atoms with Crippen LogP contribution in [0.25, 0.3) is 11.1 Å². The molecule has 5 heteroatoms. The molecule has 0 amide bonds. The van der Waals surface area contributed by atoms with Crippen molar-refractivity contribution in [1.29, 1.82) is 0 Å². The lowest BCUT2D eigenvalue weighted by atomic mass is 10.3. The minimum absolute atomic E-state index is 0.216. The summed E-state index contributed by atoms with van der Waals surface area (Å²) in [6.07, 6.45) is 0. The summed E-state index contributed by atoms with van der Waals surface area (Å²) < 4.78 is 18.0. The molecule has 0 bridgehead atoms. The van der Waals surface area contributed by atoms with Crippen LogP contribution in [0.15, 0.2) is 22.6 Å². The number of benzene rings is 1. The molecule has 4 nitrogen and oxygen atoms in total. The summed E-state index contributed by atoms with van der Waals surface area (Å²) in [6, 6.07) is 3.35. The average Bonchev–Trinajstić information content (AvgIpc) is 2.59. The second kappa shape index (κ2) is 3.36. The van der Waals surface area contributed by atoms with Crippen molar-refractivity contribution in [1.82, 2.24) is 4.98 Å². The molecule has 0 saturated carbocycles. The van der Waals surface area contributed by atoms with Gasteiger partial charge in [0, 0.05) is 6.07 Å². The molecule has 1 aromatic heterocycles. The molecule has 0 spiro atoms. The highest BCUT2D eigenvalue weighted by Gasteiger charge is 2.12. The Morgan fingerprint density at radius 2 is 2.36 bits per heavy atom. The van der Waals surface area contributed by atoms with Crippen LogP contribution in [-0.2, 0) is 0 Å². The molecular weight excluding hydrogens is 187 g/mol. The van der Waals surface area contributed by atoms with Gasteiger partial charge in [0.05, 0.1) is 6.61 Å². The van der Waals surface area contributed by atoms with Gasteiger partial charge in [0.2, 0.25) is 5.89 Å². The van der Waals surface area contributed by atoms with Gasteiger partial charge < -0.3 is 15.3 Å². The zero-order valence-electron chi connectivity index (χ0n) is 7.27. The molecule has 0 saturated heterocycles. The van der Waals surface area contributed by atoms with Crippen molar-refractivity contribution in [3.8, 4) is 0 Å². The van der Waals surface area contributed by atoms with Crippen LogP contribution in [0.4, 0.5) is 4.39 Å². The summed E-state index contributed by atoms with van der Waals surface area (Å²) in [5.41, 5.74) is 6.37. The maximum Gasteiger partial charge on any atom is 0.214 e. The third kappa shape index (κ3) is 1.47. The Hall–Kier alpha value is -1.46. The molecule has 1 atom stereocenters. The van der Waals surface area contributed by atoms with E-state index in [1.165, 1.54) is 18.2 Å². The zero-order valence-corrected chi connectivity index (χ0v) is 7.27. The smallest absolute Gasteiger partial charge is 0.214 e. The van der Waals surface area contributed by atoms with Gasteiger partial charge in [-0.05, 0) is 12.1 Å². The highest BCUT2D eigenvalue weighted by atomic mass is 19.1. The molecule has 0 aliphatic rings. The summed E-state index contributed by atoms with van der Waals surface area (Å²) in [6.45, 7) is -0.255. The van der Waals surface area contributed by atoms with Crippen molar-refractivity contribution in [2.45, 2.75) is 6.04 Å². The topological polar surface area (TPSA) is 72.3 Å². The molecule has 3 N–H and O–H groups in total. The molecule has 0 radical (unpaired) electrons. The predicted octanol–water partition coefficient (Wildman–Crippen LogP) is 0.959. The summed E-state index contributed by atoms with van der Waals surface area (Å²) >= 11 is 0. The molecule has 74 valence electrons. The van der Waals surface area contributed by atoms with Crippen LogP contribution in [0.3, 0.4) is 0 Å². The van der Waals surface area contributed by atoms with Gasteiger partial charge in [-0.2, -0.15) is 0 Å². The van der Waals surface area contributed by atoms with Gasteiger partial charge in [-0.3, -0.25) is 0 Å². The van der Waals surface area contributed by atoms with E-state index in [0.717, 1.165) is 0 Å². The number of aromatic nitrogens is 1. The molecule has 1 heterocycles. The SMILES string of the molecule is NC(CO)c1nc2cc(F)ccc2o1. The van der Waals surface area contributed by atoms with Crippen molar-refractivity contribution >= 4 is 11.1 Å². The lowest BCUT2D eigenvalue weighted by Crippen LogP contribution is -2.14. The Balaban J connectivity index is 2.51. The van der Waals surface area contributed by atoms with E-state index in [-0.39, 0.29) is 18.3 Å². The normalized spacial score (nSPS) is 13.4. The number of aliphatic hydroxyl groups is 1. The molecule has 2 rings (SSSR count). The minimum Gasteiger partial charge on any atom is -0.439 e. The molecule has 1 unspecified atom stereocenters. The van der Waals surface area contributed by atoms with Crippen LogP contribution in [0, 0.1) is 5.82 Å². The van der Waals surface area contributed by atoms with E-state index in [2.05, 4.69) is 4.98 Å². The second-order valence-corrected chi connectivity index (χ2v) is 2.95. The summed E-state index contributed by atoms with van der Waals surface area (Å²) in [4.78, 5) is 3.95. The maximum atomic E-state index is 12.8. The van der Waals surface area contributed by atoms with E-state index in [9.17, 15) is 4.39 Å². The highest BCUT2D eigenvalue weighted by Crippen LogP contribution is 2.19. The van der Waals surface area contributed by atoms with E-state index in [0.29, 0.717) is 11.1 Å². The molecular formula is C9H9FN2O2. The lowest BCUT2D eigenvalue weighted by molar-refractivity contribution is 0.250. The Kier molecular flexibility index (Phi) is 2.18. The minimum atomic E-state index is -0.662. The van der Waals surface area contributed by atoms with E-state index in [1.807, 2.05) is 0 Å². The average molecular weight is 196 g/mol. The Morgan fingerprint density at radius 3 is 3.07 bits per heavy atom. The third-order valence-electron chi connectivity index (χ3n) is 1.88. The van der Waals surface area contributed by atoms with E-state index >= 15 is 0 Å². The first-order valence-electron chi connectivity index (χ1n) is 4.13. The van der Waals surface area contributed by atoms with Crippen molar-refractivity contribution in [3.05, 3.63) is 29.9 Å². The first kappa shape index (κ1) is 9.11. The Labute approximate surface area is 79.2 Å². The molecule has 0 aliphatic carbocycles. The molecule has 2 aromatic rings. The van der Waals surface area contributed by atoms with Gasteiger partial charge >= 0.3 is 0 Å². The van der Waals surface area contributed by atoms with Crippen molar-refractivity contribution < 1.29 is 13.9 Å². The Morgan fingerprint density at radius 1 is 1.57 bits per heavy atom. The van der Waals surface area contributed by atoms with E-state index < -0.39 is 6.04 Å². The van der Waals surface area contributed by atoms with Crippen LogP contribution >= 0.6 is 0 Å². The number of rotatable bonds is 2. The first-order chi connectivity index (χ1) is 6.70. The molecule has 1 aromatic carbocycles. The molecule has 14 heavy (non-hydrogen) atoms. The number of fused-ring (bicyclic) bond motifs is 1. The number of oxazole rings is 1. The van der Waals surface area contributed by atoms with Crippen molar-refractivity contribution in [3.63, 3.8) is 0 Å². The van der Waals surface area contributed by atoms with Crippen LogP contribution in [-0.4, -0.2) is 16.7 Å². The fourth-order valence-electron chi connectivity index (χ4n) is 1.16. The fraction of sp³-hybridized carbons (Fsp3) is 0.222. The number of hydrogen-bond donors (Lipinski definition) is 2. The standard InChI is InChI=1S/C9H9FN2O2/c10-5-1-2-8-7(3-5)12-9(14-8)6(11)4-13/h1-3,6,13H,4,11H2. The largest absolute Gasteiger partial charge is 0.439 e. The zero-order chi connectivity index (χ0) is 10.1. The first-order valence-corrected chi connectivity index (χ1v) is 4.13. The number of nitrogens with zero attached hydrogens (tertiary/aromatic N) is 1. The quantitative estimate of drug-likeness (QED) is 0.750. The van der Waals surface area contributed by atoms with E-state index in [1.54, 1.807) is 0 Å². The monoisotopic (exact) mass is 196 g/mol. The molecule has 0 fully saturated rings. The number of hydrogen-bond acceptors (Lipinski definition) is 4. The van der Waals surface area contributed by atoms with Gasteiger partial charge in [-0.25, -0.2) is 9.37 Å². The van der Waals surface area contributed by atoms with Crippen LogP contribution < -0.4 is 5.73 Å². The van der Waals surface area contributed by atoms with Crippen molar-refractivity contribution in [2.24, 2.45) is 5.73 Å². The van der Waals surface area contributed by atoms with Gasteiger partial charge in [0.1, 0.15) is 17.4 Å². The van der Waals surface area contributed by atoms with Gasteiger partial charge in [-0.1, -0.05) is 0 Å². The van der Waals surface area contributed by atoms with Gasteiger partial charge in [0.25, 0.3) is 0 Å². The van der Waals surface area contributed by atoms with E-state index in [4.69, 9.17) is 15.3 Å². The number of halogens is 1. The maximum absolute atomic E-state index is 12.8.